The Balaban J connectivity index is 1.54. The van der Waals surface area contributed by atoms with E-state index < -0.39 is 50.3 Å². The lowest BCUT2D eigenvalue weighted by molar-refractivity contribution is -0.146. The summed E-state index contributed by atoms with van der Waals surface area (Å²) >= 11 is 6.29. The van der Waals surface area contributed by atoms with E-state index in [9.17, 15) is 19.6 Å². The van der Waals surface area contributed by atoms with E-state index in [0.29, 0.717) is 16.9 Å². The number of nitrogens with one attached hydrogen (secondary N) is 1. The summed E-state index contributed by atoms with van der Waals surface area (Å²) in [4.78, 5) is 12.7. The maximum Gasteiger partial charge on any atom is 0.459 e. The van der Waals surface area contributed by atoms with E-state index in [2.05, 4.69) is 10.2 Å². The van der Waals surface area contributed by atoms with E-state index in [1.54, 1.807) is 48.5 Å². The van der Waals surface area contributed by atoms with Crippen LogP contribution in [0.5, 0.6) is 5.75 Å². The number of nitrogens with two attached hydrogens (primary N) is 1. The molecule has 1 unspecified atom stereocenters. The van der Waals surface area contributed by atoms with Gasteiger partial charge in [-0.05, 0) is 43.2 Å². The van der Waals surface area contributed by atoms with Crippen LogP contribution in [0.4, 0.5) is 5.69 Å². The Kier molecular flexibility index (Phi) is 10.5. The van der Waals surface area contributed by atoms with Crippen LogP contribution in [0.3, 0.4) is 0 Å². The van der Waals surface area contributed by atoms with Gasteiger partial charge in [0.1, 0.15) is 35.7 Å². The van der Waals surface area contributed by atoms with Gasteiger partial charge in [0.25, 0.3) is 0 Å². The molecule has 4 rings (SSSR count). The number of para-hydroxylation sites is 1. The second-order valence-electron chi connectivity index (χ2n) is 10.4. The fourth-order valence-electron chi connectivity index (χ4n) is 4.69. The van der Waals surface area contributed by atoms with Crippen LogP contribution in [0.15, 0.2) is 54.7 Å². The van der Waals surface area contributed by atoms with Crippen LogP contribution in [0.25, 0.3) is 5.52 Å². The number of benzene rings is 1. The van der Waals surface area contributed by atoms with Gasteiger partial charge in [0.2, 0.25) is 0 Å². The van der Waals surface area contributed by atoms with Crippen LogP contribution in [-0.4, -0.2) is 68.7 Å². The first-order valence-corrected chi connectivity index (χ1v) is 15.9. The number of aliphatic hydroxyl groups is 2. The molecule has 6 atom stereocenters. The van der Waals surface area contributed by atoms with Crippen LogP contribution < -0.4 is 15.3 Å². The predicted octanol–water partition coefficient (Wildman–Crippen LogP) is 3.85. The molecule has 14 heteroatoms. The zero-order valence-corrected chi connectivity index (χ0v) is 25.4. The van der Waals surface area contributed by atoms with Crippen molar-refractivity contribution in [2.24, 2.45) is 5.92 Å². The van der Waals surface area contributed by atoms with Gasteiger partial charge in [-0.3, -0.25) is 9.32 Å². The van der Waals surface area contributed by atoms with Crippen LogP contribution in [0, 0.1) is 5.92 Å². The summed E-state index contributed by atoms with van der Waals surface area (Å²) in [7, 11) is -4.31. The summed E-state index contributed by atoms with van der Waals surface area (Å²) in [6.45, 7) is 5.17. The Labute approximate surface area is 249 Å². The molecule has 5 N–H and O–H groups in total. The maximum atomic E-state index is 14.0. The van der Waals surface area contributed by atoms with Crippen molar-refractivity contribution in [3.63, 3.8) is 0 Å². The largest absolute Gasteiger partial charge is 0.464 e. The van der Waals surface area contributed by atoms with Gasteiger partial charge >= 0.3 is 13.7 Å². The number of aromatic nitrogens is 2. The number of esters is 1. The van der Waals surface area contributed by atoms with E-state index in [0.717, 1.165) is 12.8 Å². The lowest BCUT2D eigenvalue weighted by Gasteiger charge is -2.32. The van der Waals surface area contributed by atoms with Crippen molar-refractivity contribution >= 4 is 36.5 Å². The number of aliphatic hydroxyl groups excluding tert-OH is 2. The highest BCUT2D eigenvalue weighted by Gasteiger charge is 2.56. The van der Waals surface area contributed by atoms with Gasteiger partial charge in [-0.15, -0.1) is 11.6 Å². The average molecular weight is 625 g/mol. The average Bonchev–Trinajstić information content (AvgIpc) is 3.52. The van der Waals surface area contributed by atoms with Gasteiger partial charge in [-0.2, -0.15) is 10.2 Å². The van der Waals surface area contributed by atoms with E-state index >= 15 is 0 Å². The molecule has 1 saturated heterocycles. The number of anilines is 1. The SMILES string of the molecule is CCC(CC)COC(=O)[C@H](C)NP(=O)(OC[C@@]1(CCl)O[C@@H](c2ccc3c(N)ccnn23)[C@H](O)[C@@H]1O)Oc1ccccc1. The molecule has 0 spiro atoms. The van der Waals surface area contributed by atoms with Crippen molar-refractivity contribution in [1.82, 2.24) is 14.7 Å². The van der Waals surface area contributed by atoms with Crippen LogP contribution in [0.2, 0.25) is 0 Å². The summed E-state index contributed by atoms with van der Waals surface area (Å²) < 4.78 is 38.6. The van der Waals surface area contributed by atoms with Crippen molar-refractivity contribution < 1.29 is 38.1 Å². The summed E-state index contributed by atoms with van der Waals surface area (Å²) in [6, 6.07) is 12.2. The Morgan fingerprint density at radius 1 is 1.21 bits per heavy atom. The lowest BCUT2D eigenvalue weighted by Crippen LogP contribution is -2.49. The first-order chi connectivity index (χ1) is 20.1. The number of hydrogen-bond donors (Lipinski definition) is 4. The van der Waals surface area contributed by atoms with E-state index in [4.69, 9.17) is 35.9 Å². The molecule has 3 aromatic rings. The zero-order chi connectivity index (χ0) is 30.5. The number of nitrogen functional groups attached to an aromatic ring is 1. The minimum absolute atomic E-state index is 0.207. The Hall–Kier alpha value is -2.70. The van der Waals surface area contributed by atoms with E-state index in [-0.39, 0.29) is 24.2 Å². The molecule has 2 aromatic heterocycles. The molecule has 42 heavy (non-hydrogen) atoms. The smallest absolute Gasteiger partial charge is 0.459 e. The highest BCUT2D eigenvalue weighted by Crippen LogP contribution is 2.49. The molecular weight excluding hydrogens is 587 g/mol. The van der Waals surface area contributed by atoms with Gasteiger partial charge in [0, 0.05) is 6.20 Å². The fraction of sp³-hybridized carbons (Fsp3) is 0.500. The molecule has 1 fully saturated rings. The number of carbonyl (C=O) groups is 1. The first kappa shape index (κ1) is 32.2. The molecule has 0 bridgehead atoms. The van der Waals surface area contributed by atoms with Gasteiger partial charge in [-0.1, -0.05) is 44.9 Å². The molecule has 0 aliphatic carbocycles. The highest BCUT2D eigenvalue weighted by molar-refractivity contribution is 7.52. The minimum Gasteiger partial charge on any atom is -0.464 e. The van der Waals surface area contributed by atoms with Gasteiger partial charge in [0.15, 0.2) is 0 Å². The standard InChI is InChI=1S/C28H38ClN4O8P/c1-4-19(5-2)15-38-27(36)18(3)32-42(37,41-20-9-7-6-8-10-20)39-17-28(16-29)26(35)24(34)25(40-28)23-12-11-22-21(30)13-14-31-33(22)23/h6-14,18-19,24-26,34-35H,4-5,15-17,30H2,1-3H3,(H,32,37)/t18-,24-,25-,26-,28+,42?/m0/s1. The molecule has 230 valence electrons. The van der Waals surface area contributed by atoms with Crippen molar-refractivity contribution in [3.05, 3.63) is 60.4 Å². The molecule has 0 amide bonds. The van der Waals surface area contributed by atoms with Crippen molar-refractivity contribution in [2.45, 2.75) is 63.6 Å². The molecular formula is C28H38ClN4O8P. The van der Waals surface area contributed by atoms with Crippen LogP contribution in [0.1, 0.15) is 45.4 Å². The molecule has 12 nitrogen and oxygen atoms in total. The molecule has 1 aliphatic rings. The van der Waals surface area contributed by atoms with Gasteiger partial charge in [-0.25, -0.2) is 9.08 Å². The number of hydrogen-bond acceptors (Lipinski definition) is 10. The van der Waals surface area contributed by atoms with Crippen molar-refractivity contribution in [2.75, 3.05) is 24.8 Å². The topological polar surface area (TPSA) is 167 Å². The summed E-state index contributed by atoms with van der Waals surface area (Å²) in [5, 5.41) is 29.0. The zero-order valence-electron chi connectivity index (χ0n) is 23.8. The van der Waals surface area contributed by atoms with Crippen LogP contribution >= 0.6 is 19.3 Å². The Morgan fingerprint density at radius 2 is 1.93 bits per heavy atom. The molecule has 3 heterocycles. The second-order valence-corrected chi connectivity index (χ2v) is 12.3. The number of alkyl halides is 1. The third-order valence-corrected chi connectivity index (χ3v) is 9.51. The number of rotatable bonds is 14. The number of halogens is 1. The van der Waals surface area contributed by atoms with E-state index in [1.807, 2.05) is 13.8 Å². The number of fused-ring (bicyclic) bond motifs is 1. The van der Waals surface area contributed by atoms with Gasteiger partial charge < -0.3 is 29.9 Å². The third-order valence-electron chi connectivity index (χ3n) is 7.44. The maximum absolute atomic E-state index is 14.0. The fourth-order valence-corrected chi connectivity index (χ4v) is 6.54. The van der Waals surface area contributed by atoms with Crippen LogP contribution in [-0.2, 0) is 23.4 Å². The third kappa shape index (κ3) is 6.92. The molecule has 0 radical (unpaired) electrons. The summed E-state index contributed by atoms with van der Waals surface area (Å²) in [5.41, 5.74) is 5.82. The molecule has 0 saturated carbocycles. The summed E-state index contributed by atoms with van der Waals surface area (Å²) in [5.74, 6) is -0.550. The second kappa shape index (κ2) is 13.7. The quantitative estimate of drug-likeness (QED) is 0.117. The van der Waals surface area contributed by atoms with E-state index in [1.165, 1.54) is 17.6 Å². The first-order valence-electron chi connectivity index (χ1n) is 13.8. The Bertz CT molecular complexity index is 1390. The molecule has 1 aromatic carbocycles. The predicted molar refractivity (Wildman–Crippen MR) is 157 cm³/mol. The van der Waals surface area contributed by atoms with Crippen molar-refractivity contribution in [3.8, 4) is 5.75 Å². The minimum atomic E-state index is -4.31. The molecule has 1 aliphatic heterocycles. The summed E-state index contributed by atoms with van der Waals surface area (Å²) in [6.07, 6.45) is -0.846. The normalized spacial score (nSPS) is 24.5. The number of nitrogens with zero attached hydrogens (tertiary/aromatic N) is 2. The number of ether oxygens (including phenoxy) is 2. The van der Waals surface area contributed by atoms with Gasteiger partial charge in [0.05, 0.1) is 36.0 Å². The Morgan fingerprint density at radius 3 is 2.60 bits per heavy atom. The van der Waals surface area contributed by atoms with Crippen molar-refractivity contribution in [1.29, 1.82) is 0 Å². The number of carbonyl (C=O) groups excluding carboxylic acids is 1. The highest BCUT2D eigenvalue weighted by atomic mass is 35.5. The lowest BCUT2D eigenvalue weighted by atomic mass is 9.96. The monoisotopic (exact) mass is 624 g/mol.